The number of rotatable bonds is 2. The van der Waals surface area contributed by atoms with Crippen LogP contribution in [0.4, 0.5) is 0 Å². The van der Waals surface area contributed by atoms with Gasteiger partial charge < -0.3 is 12.4 Å². The summed E-state index contributed by atoms with van der Waals surface area (Å²) in [4.78, 5) is 0. The topological polar surface area (TPSA) is 195 Å². The third kappa shape index (κ3) is 9.60. The van der Waals surface area contributed by atoms with Crippen LogP contribution >= 0.6 is 0 Å². The molecule has 0 saturated carbocycles. The molecule has 10 nitrogen and oxygen atoms in total. The molecule has 0 bridgehead atoms. The summed E-state index contributed by atoms with van der Waals surface area (Å²) in [5.41, 5.74) is 0. The van der Waals surface area contributed by atoms with E-state index in [-0.39, 0.29) is 63.8 Å². The summed E-state index contributed by atoms with van der Waals surface area (Å²) in [7, 11) is -10.6. The Kier molecular flexibility index (Phi) is 13.9. The van der Waals surface area contributed by atoms with E-state index in [9.17, 15) is 16.8 Å². The van der Waals surface area contributed by atoms with Crippen LogP contribution < -0.4 is 51.4 Å². The van der Waals surface area contributed by atoms with Gasteiger partial charge >= 0.3 is 72.0 Å². The van der Waals surface area contributed by atoms with Crippen molar-refractivity contribution in [3.8, 4) is 0 Å². The van der Waals surface area contributed by atoms with E-state index in [1.807, 2.05) is 0 Å². The summed E-state index contributed by atoms with van der Waals surface area (Å²) < 4.78 is 52.6. The SMILES string of the molecule is O.O.O=S(=O)(O)N(O)S(=O)(=O)O.[H-].[K+]. The van der Waals surface area contributed by atoms with E-state index in [2.05, 4.69) is 0 Å². The average Bonchev–Trinajstić information content (AvgIpc) is 1.59. The molecule has 13 heavy (non-hydrogen) atoms. The fourth-order valence-electron chi connectivity index (χ4n) is 0.119. The molecule has 0 aliphatic heterocycles. The first-order chi connectivity index (χ1) is 4.15. The zero-order chi connectivity index (χ0) is 8.58. The average molecular weight is 269 g/mol. The third-order valence-corrected chi connectivity index (χ3v) is 2.31. The van der Waals surface area contributed by atoms with Crippen LogP contribution in [0.15, 0.2) is 0 Å². The van der Waals surface area contributed by atoms with Crippen molar-refractivity contribution >= 4 is 20.6 Å². The van der Waals surface area contributed by atoms with Gasteiger partial charge in [0.25, 0.3) is 0 Å². The van der Waals surface area contributed by atoms with Gasteiger partial charge in [0.1, 0.15) is 0 Å². The molecular formula is H8KNO9S2. The normalized spacial score (nSPS) is 10.8. The molecule has 0 heterocycles. The molecule has 0 aromatic heterocycles. The first-order valence-electron chi connectivity index (χ1n) is 1.60. The van der Waals surface area contributed by atoms with Crippen molar-refractivity contribution in [2.24, 2.45) is 0 Å². The van der Waals surface area contributed by atoms with Gasteiger partial charge in [-0.2, -0.15) is 16.8 Å². The zero-order valence-electron chi connectivity index (χ0n) is 7.24. The van der Waals surface area contributed by atoms with Gasteiger partial charge in [0, 0.05) is 0 Å². The van der Waals surface area contributed by atoms with Crippen molar-refractivity contribution in [2.45, 2.75) is 0 Å². The largest absolute Gasteiger partial charge is 1.00 e. The molecule has 0 saturated heterocycles. The van der Waals surface area contributed by atoms with Gasteiger partial charge in [0.2, 0.25) is 0 Å². The molecule has 0 aliphatic rings. The molecule has 7 N–H and O–H groups in total. The Bertz CT molecular complexity index is 272. The summed E-state index contributed by atoms with van der Waals surface area (Å²) in [6.07, 6.45) is 0. The van der Waals surface area contributed by atoms with E-state index in [4.69, 9.17) is 14.3 Å². The standard InChI is InChI=1S/K.H3NO7S2.2H2O.H/c;2-1(9(3,4)5)10(6,7)8;;;/h;2H,(H,3,4,5)(H,6,7,8);2*1H2;/q+1;;;;-1. The molecule has 80 valence electrons. The van der Waals surface area contributed by atoms with Gasteiger partial charge in [0.15, 0.2) is 0 Å². The quantitative estimate of drug-likeness (QED) is 0.251. The Morgan fingerprint density at radius 2 is 1.08 bits per heavy atom. The molecule has 0 aliphatic carbocycles. The van der Waals surface area contributed by atoms with Gasteiger partial charge in [0.05, 0.1) is 3.87 Å². The molecule has 0 spiro atoms. The zero-order valence-corrected chi connectivity index (χ0v) is 11.0. The van der Waals surface area contributed by atoms with Crippen molar-refractivity contribution in [1.82, 2.24) is 3.87 Å². The molecule has 0 rings (SSSR count). The van der Waals surface area contributed by atoms with E-state index >= 15 is 0 Å². The summed E-state index contributed by atoms with van der Waals surface area (Å²) >= 11 is 0. The Morgan fingerprint density at radius 1 is 0.923 bits per heavy atom. The molecule has 0 fully saturated rings. The van der Waals surface area contributed by atoms with Gasteiger partial charge in [-0.15, -0.1) is 0 Å². The Balaban J connectivity index is -0.0000000675. The first-order valence-corrected chi connectivity index (χ1v) is 4.39. The number of hydrogen-bond acceptors (Lipinski definition) is 5. The van der Waals surface area contributed by atoms with Crippen LogP contribution in [0.3, 0.4) is 0 Å². The van der Waals surface area contributed by atoms with Crippen LogP contribution in [0, 0.1) is 0 Å². The van der Waals surface area contributed by atoms with E-state index < -0.39 is 24.5 Å². The predicted octanol–water partition coefficient (Wildman–Crippen LogP) is -6.25. The second kappa shape index (κ2) is 7.57. The van der Waals surface area contributed by atoms with Crippen LogP contribution in [0.2, 0.25) is 0 Å². The summed E-state index contributed by atoms with van der Waals surface area (Å²) in [5, 5.41) is 7.88. The second-order valence-corrected chi connectivity index (χ2v) is 3.85. The van der Waals surface area contributed by atoms with Crippen LogP contribution in [-0.2, 0) is 20.6 Å². The maximum atomic E-state index is 9.67. The van der Waals surface area contributed by atoms with Gasteiger partial charge in [-0.3, -0.25) is 14.3 Å². The van der Waals surface area contributed by atoms with Crippen molar-refractivity contribution in [3.63, 3.8) is 0 Å². The fourth-order valence-corrected chi connectivity index (χ4v) is 1.07. The molecule has 13 heteroatoms. The Hall–Kier alpha value is 1.30. The minimum atomic E-state index is -5.31. The number of hydrogen-bond donors (Lipinski definition) is 3. The van der Waals surface area contributed by atoms with E-state index in [1.54, 1.807) is 0 Å². The second-order valence-electron chi connectivity index (χ2n) is 1.13. The summed E-state index contributed by atoms with van der Waals surface area (Å²) in [6.45, 7) is 0. The molecule has 0 radical (unpaired) electrons. The maximum Gasteiger partial charge on any atom is 1.00 e. The van der Waals surface area contributed by atoms with Crippen molar-refractivity contribution < 1.29 is 94.9 Å². The van der Waals surface area contributed by atoms with E-state index in [1.165, 1.54) is 0 Å². The Labute approximate surface area is 118 Å². The smallest absolute Gasteiger partial charge is 1.00 e. The van der Waals surface area contributed by atoms with Crippen LogP contribution in [0.5, 0.6) is 0 Å². The van der Waals surface area contributed by atoms with Crippen LogP contribution in [-0.4, -0.2) is 46.0 Å². The van der Waals surface area contributed by atoms with Crippen molar-refractivity contribution in [2.75, 3.05) is 0 Å². The minimum Gasteiger partial charge on any atom is -1.00 e. The van der Waals surface area contributed by atoms with E-state index in [0.29, 0.717) is 0 Å². The molecule has 0 atom stereocenters. The fraction of sp³-hybridized carbons (Fsp3) is 0. The van der Waals surface area contributed by atoms with E-state index in [0.717, 1.165) is 0 Å². The van der Waals surface area contributed by atoms with Crippen LogP contribution in [0.1, 0.15) is 1.43 Å². The van der Waals surface area contributed by atoms with Gasteiger partial charge in [-0.25, -0.2) is 0 Å². The van der Waals surface area contributed by atoms with Gasteiger partial charge in [-0.05, 0) is 0 Å². The third-order valence-electron chi connectivity index (χ3n) is 0.395. The van der Waals surface area contributed by atoms with Gasteiger partial charge in [-0.1, -0.05) is 0 Å². The molecule has 0 amide bonds. The molecular weight excluding hydrogens is 261 g/mol. The molecule has 0 unspecified atom stereocenters. The maximum absolute atomic E-state index is 9.67. The molecule has 0 aromatic carbocycles. The molecule has 0 aromatic rings. The number of nitrogens with zero attached hydrogens (tertiary/aromatic N) is 1. The summed E-state index contributed by atoms with van der Waals surface area (Å²) in [6, 6.07) is 0. The van der Waals surface area contributed by atoms with Crippen molar-refractivity contribution in [3.05, 3.63) is 0 Å². The first kappa shape index (κ1) is 23.8. The minimum absolute atomic E-state index is 0. The van der Waals surface area contributed by atoms with Crippen molar-refractivity contribution in [1.29, 1.82) is 0 Å². The monoisotopic (exact) mass is 269 g/mol. The predicted molar refractivity (Wildman–Crippen MR) is 35.1 cm³/mol. The van der Waals surface area contributed by atoms with Crippen LogP contribution in [0.25, 0.3) is 0 Å². The Morgan fingerprint density at radius 3 is 1.08 bits per heavy atom. The summed E-state index contributed by atoms with van der Waals surface area (Å²) in [5.74, 6) is 0.